The molecule has 1 aliphatic rings. The highest BCUT2D eigenvalue weighted by molar-refractivity contribution is 5.82. The lowest BCUT2D eigenvalue weighted by Gasteiger charge is -2.33. The molecule has 1 saturated carbocycles. The molecule has 1 amide bonds. The first-order valence-corrected chi connectivity index (χ1v) is 4.76. The molecule has 4 heteroatoms. The highest BCUT2D eigenvalue weighted by Gasteiger charge is 2.34. The van der Waals surface area contributed by atoms with Crippen molar-refractivity contribution in [3.8, 4) is 0 Å². The van der Waals surface area contributed by atoms with Crippen molar-refractivity contribution in [2.45, 2.75) is 31.7 Å². The van der Waals surface area contributed by atoms with E-state index in [4.69, 9.17) is 5.11 Å². The lowest BCUT2D eigenvalue weighted by atomic mass is 9.76. The predicted molar refractivity (Wildman–Crippen MR) is 52.1 cm³/mol. The summed E-state index contributed by atoms with van der Waals surface area (Å²) in [5, 5.41) is 10.8. The molecule has 1 rings (SSSR count). The molecule has 0 aromatic rings. The van der Waals surface area contributed by atoms with Crippen LogP contribution in [0.4, 0.5) is 4.79 Å². The average molecular weight is 197 g/mol. The van der Waals surface area contributed by atoms with Gasteiger partial charge in [-0.15, -0.1) is 6.58 Å². The fraction of sp³-hybridized carbons (Fsp3) is 0.600. The molecule has 0 radical (unpaired) electrons. The zero-order valence-corrected chi connectivity index (χ0v) is 8.03. The third-order valence-corrected chi connectivity index (χ3v) is 2.52. The summed E-state index contributed by atoms with van der Waals surface area (Å²) in [7, 11) is 0. The topological polar surface area (TPSA) is 66.4 Å². The van der Waals surface area contributed by atoms with Crippen molar-refractivity contribution in [3.05, 3.63) is 12.7 Å². The number of amides is 1. The number of carbonyl (C=O) groups is 2. The second-order valence-corrected chi connectivity index (χ2v) is 3.61. The van der Waals surface area contributed by atoms with E-state index in [-0.39, 0.29) is 17.7 Å². The van der Waals surface area contributed by atoms with Crippen LogP contribution in [0, 0.1) is 5.92 Å². The van der Waals surface area contributed by atoms with Gasteiger partial charge < -0.3 is 10.4 Å². The number of Topliss-reactive ketones (excluding diaryl/α,β-unsaturated/α-hetero) is 1. The number of hydrogen-bond acceptors (Lipinski definition) is 2. The highest BCUT2D eigenvalue weighted by Crippen LogP contribution is 2.29. The molecule has 0 unspecified atom stereocenters. The lowest BCUT2D eigenvalue weighted by Crippen LogP contribution is -2.46. The number of allylic oxidation sites excluding steroid dienone is 1. The molecular weight excluding hydrogens is 182 g/mol. The molecule has 0 bridgehead atoms. The fourth-order valence-corrected chi connectivity index (χ4v) is 1.62. The lowest BCUT2D eigenvalue weighted by molar-refractivity contribution is -0.125. The zero-order chi connectivity index (χ0) is 10.6. The number of ketones is 1. The Morgan fingerprint density at radius 2 is 2.14 bits per heavy atom. The zero-order valence-electron chi connectivity index (χ0n) is 8.03. The second-order valence-electron chi connectivity index (χ2n) is 3.61. The molecule has 0 saturated heterocycles. The summed E-state index contributed by atoms with van der Waals surface area (Å²) in [5.74, 6) is 0.292. The van der Waals surface area contributed by atoms with Crippen LogP contribution in [0.15, 0.2) is 12.7 Å². The molecule has 78 valence electrons. The van der Waals surface area contributed by atoms with Gasteiger partial charge >= 0.3 is 6.09 Å². The van der Waals surface area contributed by atoms with E-state index in [9.17, 15) is 9.59 Å². The molecule has 14 heavy (non-hydrogen) atoms. The summed E-state index contributed by atoms with van der Waals surface area (Å²) < 4.78 is 0. The van der Waals surface area contributed by atoms with E-state index in [2.05, 4.69) is 11.9 Å². The molecule has 4 nitrogen and oxygen atoms in total. The second kappa shape index (κ2) is 4.79. The molecule has 0 aromatic carbocycles. The Morgan fingerprint density at radius 3 is 2.64 bits per heavy atom. The molecule has 0 aromatic heterocycles. The van der Waals surface area contributed by atoms with E-state index in [0.717, 1.165) is 0 Å². The first-order valence-electron chi connectivity index (χ1n) is 4.76. The Bertz CT molecular complexity index is 244. The quantitative estimate of drug-likeness (QED) is 0.657. The summed E-state index contributed by atoms with van der Waals surface area (Å²) in [6, 6.07) is -0.0230. The third kappa shape index (κ3) is 2.87. The van der Waals surface area contributed by atoms with Crippen molar-refractivity contribution in [2.75, 3.05) is 0 Å². The Morgan fingerprint density at radius 1 is 1.50 bits per heavy atom. The van der Waals surface area contributed by atoms with Crippen LogP contribution in [0.5, 0.6) is 0 Å². The van der Waals surface area contributed by atoms with Crippen molar-refractivity contribution in [1.29, 1.82) is 0 Å². The summed E-state index contributed by atoms with van der Waals surface area (Å²) >= 11 is 0. The van der Waals surface area contributed by atoms with Crippen LogP contribution in [0.25, 0.3) is 0 Å². The van der Waals surface area contributed by atoms with Crippen molar-refractivity contribution in [2.24, 2.45) is 5.92 Å². The van der Waals surface area contributed by atoms with Gasteiger partial charge in [-0.1, -0.05) is 6.08 Å². The minimum absolute atomic E-state index is 0.0230. The largest absolute Gasteiger partial charge is 0.465 e. The Hall–Kier alpha value is -1.32. The summed E-state index contributed by atoms with van der Waals surface area (Å²) in [5.41, 5.74) is 0. The van der Waals surface area contributed by atoms with Crippen molar-refractivity contribution in [3.63, 3.8) is 0 Å². The van der Waals surface area contributed by atoms with Gasteiger partial charge in [-0.2, -0.15) is 0 Å². The van der Waals surface area contributed by atoms with E-state index in [1.54, 1.807) is 6.08 Å². The minimum Gasteiger partial charge on any atom is -0.465 e. The normalized spacial score (nSPS) is 24.9. The van der Waals surface area contributed by atoms with Crippen LogP contribution in [0.3, 0.4) is 0 Å². The molecule has 2 N–H and O–H groups in total. The average Bonchev–Trinajstić information content (AvgIpc) is 2.06. The summed E-state index contributed by atoms with van der Waals surface area (Å²) in [4.78, 5) is 21.6. The van der Waals surface area contributed by atoms with Gasteiger partial charge in [-0.3, -0.25) is 4.79 Å². The molecule has 0 heterocycles. The van der Waals surface area contributed by atoms with Gasteiger partial charge in [0.15, 0.2) is 0 Å². The number of rotatable bonds is 5. The fourth-order valence-electron chi connectivity index (χ4n) is 1.62. The Labute approximate surface area is 83.0 Å². The summed E-state index contributed by atoms with van der Waals surface area (Å²) in [6.07, 6.45) is 3.28. The molecule has 0 spiro atoms. The van der Waals surface area contributed by atoms with Gasteiger partial charge in [-0.05, 0) is 19.3 Å². The van der Waals surface area contributed by atoms with E-state index in [1.807, 2.05) is 0 Å². The van der Waals surface area contributed by atoms with Crippen LogP contribution in [-0.2, 0) is 4.79 Å². The van der Waals surface area contributed by atoms with Crippen LogP contribution in [0.2, 0.25) is 0 Å². The number of carbonyl (C=O) groups excluding carboxylic acids is 1. The maximum absolute atomic E-state index is 11.4. The number of nitrogens with one attached hydrogen (secondary N) is 1. The molecule has 1 fully saturated rings. The Balaban J connectivity index is 2.17. The van der Waals surface area contributed by atoms with E-state index < -0.39 is 6.09 Å². The maximum atomic E-state index is 11.4. The highest BCUT2D eigenvalue weighted by atomic mass is 16.4. The maximum Gasteiger partial charge on any atom is 0.404 e. The number of carboxylic acid groups (broad SMARTS) is 1. The van der Waals surface area contributed by atoms with Gasteiger partial charge in [0.1, 0.15) is 5.78 Å². The van der Waals surface area contributed by atoms with Gasteiger partial charge in [0.25, 0.3) is 0 Å². The van der Waals surface area contributed by atoms with Crippen LogP contribution in [0.1, 0.15) is 25.7 Å². The SMILES string of the molecule is C=CCCC(=O)[C@H]1C[C@H](NC(=O)O)C1. The molecule has 0 aliphatic heterocycles. The first-order chi connectivity index (χ1) is 6.63. The minimum atomic E-state index is -1.01. The van der Waals surface area contributed by atoms with E-state index >= 15 is 0 Å². The van der Waals surface area contributed by atoms with Crippen molar-refractivity contribution >= 4 is 11.9 Å². The number of hydrogen-bond donors (Lipinski definition) is 2. The van der Waals surface area contributed by atoms with Crippen molar-refractivity contribution < 1.29 is 14.7 Å². The smallest absolute Gasteiger partial charge is 0.404 e. The first kappa shape index (κ1) is 10.8. The van der Waals surface area contributed by atoms with Gasteiger partial charge in [-0.25, -0.2) is 4.79 Å². The molecular formula is C10H15NO3. The van der Waals surface area contributed by atoms with Gasteiger partial charge in [0.05, 0.1) is 0 Å². The monoisotopic (exact) mass is 197 g/mol. The van der Waals surface area contributed by atoms with E-state index in [0.29, 0.717) is 25.7 Å². The molecule has 0 atom stereocenters. The summed E-state index contributed by atoms with van der Waals surface area (Å²) in [6.45, 7) is 3.55. The Kier molecular flexibility index (Phi) is 3.68. The van der Waals surface area contributed by atoms with Crippen molar-refractivity contribution in [1.82, 2.24) is 5.32 Å². The van der Waals surface area contributed by atoms with Crippen LogP contribution >= 0.6 is 0 Å². The molecule has 1 aliphatic carbocycles. The van der Waals surface area contributed by atoms with Gasteiger partial charge in [0, 0.05) is 18.4 Å². The van der Waals surface area contributed by atoms with Gasteiger partial charge in [0.2, 0.25) is 0 Å². The van der Waals surface area contributed by atoms with Crippen LogP contribution in [-0.4, -0.2) is 23.0 Å². The standard InChI is InChI=1S/C10H15NO3/c1-2-3-4-9(12)7-5-8(6-7)11-10(13)14/h2,7-8,11H,1,3-6H2,(H,13,14)/t7-,8-. The van der Waals surface area contributed by atoms with E-state index in [1.165, 1.54) is 0 Å². The third-order valence-electron chi connectivity index (χ3n) is 2.52. The van der Waals surface area contributed by atoms with Crippen LogP contribution < -0.4 is 5.32 Å². The predicted octanol–water partition coefficient (Wildman–Crippen LogP) is 1.57.